The highest BCUT2D eigenvalue weighted by molar-refractivity contribution is 7.98. The molecule has 2 aromatic rings. The number of rotatable bonds is 15. The molecule has 1 aromatic heterocycles. The fraction of sp³-hybridized carbons (Fsp3) is 0.538. The number of aromatic nitrogens is 1. The minimum absolute atomic E-state index is 0.0320. The van der Waals surface area contributed by atoms with E-state index >= 15 is 0 Å². The summed E-state index contributed by atoms with van der Waals surface area (Å²) in [6.07, 6.45) is 3.05. The summed E-state index contributed by atoms with van der Waals surface area (Å²) < 4.78 is 0. The molecule has 5 unspecified atom stereocenters. The highest BCUT2D eigenvalue weighted by atomic mass is 32.2. The number of aliphatic hydroxyl groups is 1. The number of amides is 3. The average molecular weight is 550 g/mol. The number of thioether (sulfide) groups is 1. The minimum Gasteiger partial charge on any atom is -0.480 e. The van der Waals surface area contributed by atoms with E-state index in [2.05, 4.69) is 20.9 Å². The Kier molecular flexibility index (Phi) is 12.1. The molecular formula is C26H39N5O6S. The standard InChI is InChI=1S/C26H39N5O6S/c1-14(2)11-21(26(36)37)31-23(33)19(9-10-38-4)29-24(34)20(30-25(35)22(27)15(3)32)12-16-13-28-18-8-6-5-7-17(16)18/h5-8,13-15,19-22,28,32H,9-12,27H2,1-4H3,(H,29,34)(H,30,35)(H,31,33)(H,36,37). The first kappa shape index (κ1) is 31.1. The lowest BCUT2D eigenvalue weighted by molar-refractivity contribution is -0.142. The molecule has 0 radical (unpaired) electrons. The average Bonchev–Trinajstić information content (AvgIpc) is 3.27. The topological polar surface area (TPSA) is 187 Å². The minimum atomic E-state index is -1.25. The molecule has 0 saturated carbocycles. The van der Waals surface area contributed by atoms with Crippen molar-refractivity contribution in [2.45, 2.75) is 70.3 Å². The van der Waals surface area contributed by atoms with Crippen molar-refractivity contribution in [1.82, 2.24) is 20.9 Å². The van der Waals surface area contributed by atoms with Crippen LogP contribution in [0.15, 0.2) is 30.5 Å². The highest BCUT2D eigenvalue weighted by Crippen LogP contribution is 2.19. The van der Waals surface area contributed by atoms with Gasteiger partial charge in [-0.3, -0.25) is 14.4 Å². The number of carboxylic acids is 1. The van der Waals surface area contributed by atoms with Crippen molar-refractivity contribution in [3.63, 3.8) is 0 Å². The molecule has 0 aliphatic carbocycles. The predicted molar refractivity (Wildman–Crippen MR) is 148 cm³/mol. The summed E-state index contributed by atoms with van der Waals surface area (Å²) in [5.74, 6) is -2.54. The number of carbonyl (C=O) groups excluding carboxylic acids is 3. The number of hydrogen-bond acceptors (Lipinski definition) is 7. The summed E-state index contributed by atoms with van der Waals surface area (Å²) in [4.78, 5) is 54.0. The molecule has 0 saturated heterocycles. The summed E-state index contributed by atoms with van der Waals surface area (Å²) in [7, 11) is 0. The quantitative estimate of drug-likeness (QED) is 0.170. The maximum absolute atomic E-state index is 13.5. The van der Waals surface area contributed by atoms with Crippen molar-refractivity contribution in [2.24, 2.45) is 11.7 Å². The largest absolute Gasteiger partial charge is 0.480 e. The van der Waals surface area contributed by atoms with Crippen LogP contribution in [0.5, 0.6) is 0 Å². The van der Waals surface area contributed by atoms with Crippen LogP contribution in [0.3, 0.4) is 0 Å². The van der Waals surface area contributed by atoms with Crippen LogP contribution in [0.1, 0.15) is 39.2 Å². The fourth-order valence-corrected chi connectivity index (χ4v) is 4.43. The van der Waals surface area contributed by atoms with Crippen LogP contribution in [0.25, 0.3) is 10.9 Å². The molecule has 0 bridgehead atoms. The van der Waals surface area contributed by atoms with Crippen molar-refractivity contribution >= 4 is 46.4 Å². The van der Waals surface area contributed by atoms with Crippen LogP contribution in [0.4, 0.5) is 0 Å². The number of nitrogens with two attached hydrogens (primary N) is 1. The Morgan fingerprint density at radius 3 is 2.18 bits per heavy atom. The Balaban J connectivity index is 2.29. The first-order valence-electron chi connectivity index (χ1n) is 12.6. The first-order chi connectivity index (χ1) is 17.9. The normalized spacial score (nSPS) is 15.3. The second-order valence-corrected chi connectivity index (χ2v) is 10.7. The number of hydrogen-bond donors (Lipinski definition) is 7. The molecule has 11 nitrogen and oxygen atoms in total. The second kappa shape index (κ2) is 14.7. The van der Waals surface area contributed by atoms with Crippen molar-refractivity contribution in [2.75, 3.05) is 12.0 Å². The third kappa shape index (κ3) is 9.03. The lowest BCUT2D eigenvalue weighted by atomic mass is 10.0. The fourth-order valence-electron chi connectivity index (χ4n) is 3.96. The molecule has 8 N–H and O–H groups in total. The molecule has 210 valence electrons. The first-order valence-corrected chi connectivity index (χ1v) is 13.9. The maximum Gasteiger partial charge on any atom is 0.326 e. The number of H-pyrrole nitrogens is 1. The van der Waals surface area contributed by atoms with Crippen LogP contribution in [-0.2, 0) is 25.6 Å². The van der Waals surface area contributed by atoms with Gasteiger partial charge < -0.3 is 36.9 Å². The van der Waals surface area contributed by atoms with Gasteiger partial charge in [0.2, 0.25) is 17.7 Å². The summed E-state index contributed by atoms with van der Waals surface area (Å²) in [6, 6.07) is 3.02. The van der Waals surface area contributed by atoms with E-state index < -0.39 is 54.0 Å². The number of aliphatic hydroxyl groups excluding tert-OH is 1. The molecule has 0 spiro atoms. The van der Waals surface area contributed by atoms with E-state index in [-0.39, 0.29) is 25.2 Å². The van der Waals surface area contributed by atoms with Gasteiger partial charge in [-0.15, -0.1) is 0 Å². The molecule has 3 amide bonds. The molecule has 0 aliphatic rings. The van der Waals surface area contributed by atoms with Crippen molar-refractivity contribution < 1.29 is 29.4 Å². The molecular weight excluding hydrogens is 510 g/mol. The van der Waals surface area contributed by atoms with E-state index in [0.29, 0.717) is 5.75 Å². The molecule has 1 aromatic carbocycles. The molecule has 12 heteroatoms. The molecule has 0 aliphatic heterocycles. The predicted octanol–water partition coefficient (Wildman–Crippen LogP) is 0.757. The lowest BCUT2D eigenvalue weighted by Crippen LogP contribution is -2.58. The van der Waals surface area contributed by atoms with Crippen LogP contribution < -0.4 is 21.7 Å². The van der Waals surface area contributed by atoms with Gasteiger partial charge in [-0.05, 0) is 49.3 Å². The van der Waals surface area contributed by atoms with Gasteiger partial charge in [0.1, 0.15) is 24.2 Å². The van der Waals surface area contributed by atoms with E-state index in [9.17, 15) is 29.4 Å². The number of para-hydroxylation sites is 1. The Bertz CT molecular complexity index is 1100. The molecule has 0 fully saturated rings. The van der Waals surface area contributed by atoms with E-state index in [1.807, 2.05) is 44.4 Å². The number of carboxylic acid groups (broad SMARTS) is 1. The SMILES string of the molecule is CSCCC(NC(=O)C(Cc1c[nH]c2ccccc12)NC(=O)C(N)C(C)O)C(=O)NC(CC(C)C)C(=O)O. The van der Waals surface area contributed by atoms with Gasteiger partial charge >= 0.3 is 5.97 Å². The zero-order chi connectivity index (χ0) is 28.4. The van der Waals surface area contributed by atoms with E-state index in [0.717, 1.165) is 16.5 Å². The Morgan fingerprint density at radius 2 is 1.58 bits per heavy atom. The van der Waals surface area contributed by atoms with Crippen LogP contribution in [-0.4, -0.2) is 81.2 Å². The van der Waals surface area contributed by atoms with Crippen LogP contribution >= 0.6 is 11.8 Å². The zero-order valence-corrected chi connectivity index (χ0v) is 23.0. The third-order valence-electron chi connectivity index (χ3n) is 6.12. The number of aliphatic carboxylic acids is 1. The number of fused-ring (bicyclic) bond motifs is 1. The summed E-state index contributed by atoms with van der Waals surface area (Å²) in [5.41, 5.74) is 7.41. The summed E-state index contributed by atoms with van der Waals surface area (Å²) in [6.45, 7) is 5.08. The van der Waals surface area contributed by atoms with Crippen molar-refractivity contribution in [1.29, 1.82) is 0 Å². The number of aromatic amines is 1. The molecule has 1 heterocycles. The van der Waals surface area contributed by atoms with Gasteiger partial charge in [0.15, 0.2) is 0 Å². The Labute approximate surface area is 226 Å². The van der Waals surface area contributed by atoms with Gasteiger partial charge in [0.05, 0.1) is 6.10 Å². The molecule has 38 heavy (non-hydrogen) atoms. The number of benzene rings is 1. The Morgan fingerprint density at radius 1 is 0.974 bits per heavy atom. The molecule has 2 rings (SSSR count). The van der Waals surface area contributed by atoms with Crippen LogP contribution in [0, 0.1) is 5.92 Å². The zero-order valence-electron chi connectivity index (χ0n) is 22.2. The van der Waals surface area contributed by atoms with Gasteiger partial charge in [-0.2, -0.15) is 11.8 Å². The van der Waals surface area contributed by atoms with E-state index in [1.165, 1.54) is 18.7 Å². The van der Waals surface area contributed by atoms with E-state index in [4.69, 9.17) is 5.73 Å². The monoisotopic (exact) mass is 549 g/mol. The van der Waals surface area contributed by atoms with Crippen molar-refractivity contribution in [3.05, 3.63) is 36.0 Å². The van der Waals surface area contributed by atoms with Gasteiger partial charge in [-0.25, -0.2) is 4.79 Å². The Hall–Kier alpha value is -3.09. The summed E-state index contributed by atoms with van der Waals surface area (Å²) >= 11 is 1.48. The highest BCUT2D eigenvalue weighted by Gasteiger charge is 2.31. The van der Waals surface area contributed by atoms with Gasteiger partial charge in [0, 0.05) is 23.5 Å². The smallest absolute Gasteiger partial charge is 0.326 e. The lowest BCUT2D eigenvalue weighted by Gasteiger charge is -2.26. The summed E-state index contributed by atoms with van der Waals surface area (Å²) in [5, 5.41) is 28.0. The molecule has 5 atom stereocenters. The van der Waals surface area contributed by atoms with E-state index in [1.54, 1.807) is 6.20 Å². The second-order valence-electron chi connectivity index (χ2n) is 9.76. The number of carbonyl (C=O) groups is 4. The van der Waals surface area contributed by atoms with Gasteiger partial charge in [-0.1, -0.05) is 32.0 Å². The third-order valence-corrected chi connectivity index (χ3v) is 6.76. The van der Waals surface area contributed by atoms with Gasteiger partial charge in [0.25, 0.3) is 0 Å². The van der Waals surface area contributed by atoms with Crippen LogP contribution in [0.2, 0.25) is 0 Å². The number of nitrogens with one attached hydrogen (secondary N) is 4. The maximum atomic E-state index is 13.5. The van der Waals surface area contributed by atoms with Crippen molar-refractivity contribution in [3.8, 4) is 0 Å².